The number of benzene rings is 3. The normalized spacial score (nSPS) is 11.0. The Morgan fingerprint density at radius 2 is 1.68 bits per heavy atom. The molecule has 0 atom stereocenters. The number of carbonyl (C=O) groups is 1. The molecule has 1 amide bonds. The summed E-state index contributed by atoms with van der Waals surface area (Å²) in [5.74, 6) is -0.213. The molecule has 0 aliphatic rings. The zero-order valence-corrected chi connectivity index (χ0v) is 12.3. The van der Waals surface area contributed by atoms with E-state index in [0.29, 0.717) is 5.56 Å². The Kier molecular flexibility index (Phi) is 3.97. The Balaban J connectivity index is 1.84. The molecule has 0 bridgehead atoms. The lowest BCUT2D eigenvalue weighted by molar-refractivity contribution is 0.0955. The van der Waals surface area contributed by atoms with Crippen molar-refractivity contribution in [1.29, 1.82) is 0 Å². The van der Waals surface area contributed by atoms with Gasteiger partial charge in [-0.3, -0.25) is 4.79 Å². The number of hydrazone groups is 1. The third-order valence-corrected chi connectivity index (χ3v) is 3.58. The molecule has 0 spiro atoms. The molecule has 3 rings (SSSR count). The lowest BCUT2D eigenvalue weighted by atomic mass is 10.0. The summed E-state index contributed by atoms with van der Waals surface area (Å²) >= 11 is 0. The number of aryl methyl sites for hydroxylation is 1. The molecule has 3 heteroatoms. The number of nitrogens with one attached hydrogen (secondary N) is 1. The Bertz CT molecular complexity index is 838. The predicted octanol–water partition coefficient (Wildman–Crippen LogP) is 3.91. The summed E-state index contributed by atoms with van der Waals surface area (Å²) in [6.07, 6.45) is 1.71. The molecule has 1 N–H and O–H groups in total. The second kappa shape index (κ2) is 6.22. The SMILES string of the molecule is Cc1ccc2ccccc2c1/C=N/NC(=O)c1ccccc1. The summed E-state index contributed by atoms with van der Waals surface area (Å²) in [6, 6.07) is 21.3. The first-order valence-electron chi connectivity index (χ1n) is 7.12. The lowest BCUT2D eigenvalue weighted by Crippen LogP contribution is -2.17. The Hall–Kier alpha value is -2.94. The molecule has 0 saturated heterocycles. The summed E-state index contributed by atoms with van der Waals surface area (Å²) in [5.41, 5.74) is 5.30. The standard InChI is InChI=1S/C19H16N2O/c1-14-11-12-15-7-5-6-10-17(15)18(14)13-20-21-19(22)16-8-3-2-4-9-16/h2-13H,1H3,(H,21,22)/b20-13+. The second-order valence-electron chi connectivity index (χ2n) is 5.08. The highest BCUT2D eigenvalue weighted by molar-refractivity contribution is 6.02. The van der Waals surface area contributed by atoms with Crippen LogP contribution >= 0.6 is 0 Å². The molecular weight excluding hydrogens is 272 g/mol. The van der Waals surface area contributed by atoms with Crippen molar-refractivity contribution in [3.05, 3.63) is 83.4 Å². The summed E-state index contributed by atoms with van der Waals surface area (Å²) in [4.78, 5) is 12.0. The molecule has 0 aromatic heterocycles. The molecule has 3 nitrogen and oxygen atoms in total. The summed E-state index contributed by atoms with van der Waals surface area (Å²) < 4.78 is 0. The molecule has 3 aromatic rings. The van der Waals surface area contributed by atoms with Crippen molar-refractivity contribution in [2.75, 3.05) is 0 Å². The van der Waals surface area contributed by atoms with Crippen molar-refractivity contribution in [3.63, 3.8) is 0 Å². The van der Waals surface area contributed by atoms with E-state index in [-0.39, 0.29) is 5.91 Å². The van der Waals surface area contributed by atoms with Crippen molar-refractivity contribution in [2.24, 2.45) is 5.10 Å². The van der Waals surface area contributed by atoms with E-state index < -0.39 is 0 Å². The molecule has 0 fully saturated rings. The van der Waals surface area contributed by atoms with Crippen LogP contribution in [0.1, 0.15) is 21.5 Å². The largest absolute Gasteiger partial charge is 0.271 e. The Labute approximate surface area is 129 Å². The molecule has 0 aliphatic heterocycles. The maximum absolute atomic E-state index is 12.0. The lowest BCUT2D eigenvalue weighted by Gasteiger charge is -2.06. The van der Waals surface area contributed by atoms with Gasteiger partial charge in [0.1, 0.15) is 0 Å². The van der Waals surface area contributed by atoms with E-state index in [9.17, 15) is 4.79 Å². The van der Waals surface area contributed by atoms with E-state index in [0.717, 1.165) is 21.9 Å². The fourth-order valence-corrected chi connectivity index (χ4v) is 2.39. The molecule has 108 valence electrons. The highest BCUT2D eigenvalue weighted by atomic mass is 16.2. The Morgan fingerprint density at radius 3 is 2.50 bits per heavy atom. The van der Waals surface area contributed by atoms with E-state index in [1.807, 2.05) is 37.3 Å². The van der Waals surface area contributed by atoms with Gasteiger partial charge in [-0.15, -0.1) is 0 Å². The van der Waals surface area contributed by atoms with E-state index in [1.54, 1.807) is 18.3 Å². The zero-order valence-electron chi connectivity index (χ0n) is 12.3. The van der Waals surface area contributed by atoms with Crippen LogP contribution in [0, 0.1) is 6.92 Å². The summed E-state index contributed by atoms with van der Waals surface area (Å²) in [5, 5.41) is 6.39. The van der Waals surface area contributed by atoms with Crippen molar-refractivity contribution in [3.8, 4) is 0 Å². The van der Waals surface area contributed by atoms with Crippen LogP contribution in [0.15, 0.2) is 71.8 Å². The average molecular weight is 288 g/mol. The van der Waals surface area contributed by atoms with Gasteiger partial charge in [-0.2, -0.15) is 5.10 Å². The number of rotatable bonds is 3. The highest BCUT2D eigenvalue weighted by Crippen LogP contribution is 2.20. The van der Waals surface area contributed by atoms with Crippen LogP contribution < -0.4 is 5.43 Å². The van der Waals surface area contributed by atoms with Gasteiger partial charge in [0.25, 0.3) is 5.91 Å². The van der Waals surface area contributed by atoms with Crippen LogP contribution in [0.25, 0.3) is 10.8 Å². The number of hydrogen-bond donors (Lipinski definition) is 1. The van der Waals surface area contributed by atoms with Crippen LogP contribution in [0.4, 0.5) is 0 Å². The first kappa shape index (κ1) is 14.0. The van der Waals surface area contributed by atoms with Gasteiger partial charge >= 0.3 is 0 Å². The minimum atomic E-state index is -0.213. The molecule has 3 aromatic carbocycles. The van der Waals surface area contributed by atoms with E-state index in [4.69, 9.17) is 0 Å². The van der Waals surface area contributed by atoms with E-state index in [1.165, 1.54) is 0 Å². The maximum Gasteiger partial charge on any atom is 0.271 e. The monoisotopic (exact) mass is 288 g/mol. The molecule has 0 unspecified atom stereocenters. The van der Waals surface area contributed by atoms with Crippen molar-refractivity contribution >= 4 is 22.9 Å². The Morgan fingerprint density at radius 1 is 0.955 bits per heavy atom. The highest BCUT2D eigenvalue weighted by Gasteiger charge is 2.04. The summed E-state index contributed by atoms with van der Waals surface area (Å²) in [6.45, 7) is 2.03. The quantitative estimate of drug-likeness (QED) is 0.576. The van der Waals surface area contributed by atoms with E-state index in [2.05, 4.69) is 34.8 Å². The third-order valence-electron chi connectivity index (χ3n) is 3.58. The minimum absolute atomic E-state index is 0.213. The van der Waals surface area contributed by atoms with Gasteiger partial charge in [0.2, 0.25) is 0 Å². The minimum Gasteiger partial charge on any atom is -0.267 e. The van der Waals surface area contributed by atoms with Crippen molar-refractivity contribution < 1.29 is 4.79 Å². The topological polar surface area (TPSA) is 41.5 Å². The summed E-state index contributed by atoms with van der Waals surface area (Å²) in [7, 11) is 0. The first-order chi connectivity index (χ1) is 10.8. The second-order valence-corrected chi connectivity index (χ2v) is 5.08. The zero-order chi connectivity index (χ0) is 15.4. The molecule has 0 radical (unpaired) electrons. The molecule has 0 heterocycles. The van der Waals surface area contributed by atoms with Gasteiger partial charge in [-0.1, -0.05) is 54.6 Å². The van der Waals surface area contributed by atoms with Crippen LogP contribution in [0.5, 0.6) is 0 Å². The van der Waals surface area contributed by atoms with E-state index >= 15 is 0 Å². The van der Waals surface area contributed by atoms with Crippen LogP contribution in [-0.4, -0.2) is 12.1 Å². The van der Waals surface area contributed by atoms with Gasteiger partial charge in [-0.25, -0.2) is 5.43 Å². The smallest absolute Gasteiger partial charge is 0.267 e. The van der Waals surface area contributed by atoms with Crippen molar-refractivity contribution in [1.82, 2.24) is 5.43 Å². The van der Waals surface area contributed by atoms with Crippen LogP contribution in [0.3, 0.4) is 0 Å². The number of hydrogen-bond acceptors (Lipinski definition) is 2. The number of amides is 1. The van der Waals surface area contributed by atoms with Gasteiger partial charge in [0.05, 0.1) is 6.21 Å². The molecule has 22 heavy (non-hydrogen) atoms. The average Bonchev–Trinajstić information content (AvgIpc) is 2.57. The predicted molar refractivity (Wildman–Crippen MR) is 90.2 cm³/mol. The number of fused-ring (bicyclic) bond motifs is 1. The molecule has 0 aliphatic carbocycles. The fraction of sp³-hybridized carbons (Fsp3) is 0.0526. The van der Waals surface area contributed by atoms with Gasteiger partial charge in [0, 0.05) is 11.1 Å². The fourth-order valence-electron chi connectivity index (χ4n) is 2.39. The van der Waals surface area contributed by atoms with Crippen LogP contribution in [0.2, 0.25) is 0 Å². The van der Waals surface area contributed by atoms with Gasteiger partial charge in [0.15, 0.2) is 0 Å². The molecular formula is C19H16N2O. The van der Waals surface area contributed by atoms with Crippen LogP contribution in [-0.2, 0) is 0 Å². The van der Waals surface area contributed by atoms with Gasteiger partial charge < -0.3 is 0 Å². The third kappa shape index (κ3) is 2.88. The number of nitrogens with zero attached hydrogens (tertiary/aromatic N) is 1. The number of carbonyl (C=O) groups excluding carboxylic acids is 1. The van der Waals surface area contributed by atoms with Crippen molar-refractivity contribution in [2.45, 2.75) is 6.92 Å². The molecule has 0 saturated carbocycles. The maximum atomic E-state index is 12.0. The van der Waals surface area contributed by atoms with Gasteiger partial charge in [-0.05, 0) is 35.4 Å². The first-order valence-corrected chi connectivity index (χ1v) is 7.12.